The molecule has 0 aliphatic heterocycles. The van der Waals surface area contributed by atoms with Crippen LogP contribution in [0, 0.1) is 0 Å². The van der Waals surface area contributed by atoms with Gasteiger partial charge < -0.3 is 19.1 Å². The first-order valence-corrected chi connectivity index (χ1v) is 8.71. The fourth-order valence-corrected chi connectivity index (χ4v) is 2.93. The van der Waals surface area contributed by atoms with Crippen LogP contribution >= 0.6 is 0 Å². The van der Waals surface area contributed by atoms with Crippen molar-refractivity contribution in [2.45, 2.75) is 6.54 Å². The number of ether oxygens (including phenoxy) is 2. The standard InChI is InChI=1S/C18H22N6O5/c1-22-15-14(16(26)23(2)18(22)27)24(7-8-25)17(20-15)21-19-10-11-5-6-12(28-3)9-13(11)29-4/h5-6,9-10,25H,7-8H2,1-4H3,(H,20,21)/b19-10-. The van der Waals surface area contributed by atoms with Gasteiger partial charge in [0.15, 0.2) is 11.2 Å². The summed E-state index contributed by atoms with van der Waals surface area (Å²) in [5, 5.41) is 13.6. The molecule has 2 heterocycles. The van der Waals surface area contributed by atoms with Crippen molar-refractivity contribution in [2.75, 3.05) is 26.3 Å². The van der Waals surface area contributed by atoms with E-state index in [0.29, 0.717) is 17.1 Å². The average molecular weight is 402 g/mol. The summed E-state index contributed by atoms with van der Waals surface area (Å²) in [6.07, 6.45) is 1.53. The molecule has 0 aliphatic rings. The lowest BCUT2D eigenvalue weighted by Crippen LogP contribution is -2.37. The van der Waals surface area contributed by atoms with Crippen LogP contribution in [0.4, 0.5) is 5.95 Å². The van der Waals surface area contributed by atoms with Gasteiger partial charge in [-0.05, 0) is 12.1 Å². The summed E-state index contributed by atoms with van der Waals surface area (Å²) in [4.78, 5) is 29.0. The van der Waals surface area contributed by atoms with Crippen LogP contribution < -0.4 is 26.1 Å². The molecule has 3 aromatic rings. The molecule has 0 saturated carbocycles. The van der Waals surface area contributed by atoms with Gasteiger partial charge in [-0.3, -0.25) is 13.9 Å². The van der Waals surface area contributed by atoms with Gasteiger partial charge >= 0.3 is 5.69 Å². The number of aliphatic hydroxyl groups is 1. The second-order valence-electron chi connectivity index (χ2n) is 6.17. The lowest BCUT2D eigenvalue weighted by molar-refractivity contribution is 0.278. The molecule has 0 amide bonds. The van der Waals surface area contributed by atoms with Gasteiger partial charge in [-0.1, -0.05) is 0 Å². The van der Waals surface area contributed by atoms with Gasteiger partial charge in [0.1, 0.15) is 11.5 Å². The monoisotopic (exact) mass is 402 g/mol. The van der Waals surface area contributed by atoms with Gasteiger partial charge in [-0.25, -0.2) is 10.2 Å². The van der Waals surface area contributed by atoms with Crippen LogP contribution in [0.2, 0.25) is 0 Å². The summed E-state index contributed by atoms with van der Waals surface area (Å²) >= 11 is 0. The van der Waals surface area contributed by atoms with Crippen LogP contribution in [0.3, 0.4) is 0 Å². The molecule has 11 heteroatoms. The first-order chi connectivity index (χ1) is 13.9. The van der Waals surface area contributed by atoms with Crippen molar-refractivity contribution >= 4 is 23.3 Å². The number of imidazole rings is 1. The minimum atomic E-state index is -0.502. The summed E-state index contributed by atoms with van der Waals surface area (Å²) < 4.78 is 14.2. The summed E-state index contributed by atoms with van der Waals surface area (Å²) in [6.45, 7) is -0.115. The number of aromatic nitrogens is 4. The van der Waals surface area contributed by atoms with Crippen LogP contribution in [0.15, 0.2) is 32.9 Å². The van der Waals surface area contributed by atoms with Gasteiger partial charge in [-0.15, -0.1) is 0 Å². The van der Waals surface area contributed by atoms with E-state index in [1.54, 1.807) is 25.3 Å². The molecule has 29 heavy (non-hydrogen) atoms. The number of hydrogen-bond acceptors (Lipinski definition) is 8. The second kappa shape index (κ2) is 8.19. The number of aliphatic hydroxyl groups excluding tert-OH is 1. The predicted molar refractivity (Wildman–Crippen MR) is 108 cm³/mol. The Labute approximate surface area is 165 Å². The van der Waals surface area contributed by atoms with Crippen LogP contribution in [0.5, 0.6) is 11.5 Å². The molecular weight excluding hydrogens is 380 g/mol. The predicted octanol–water partition coefficient (Wildman–Crippen LogP) is -0.111. The fourth-order valence-electron chi connectivity index (χ4n) is 2.93. The molecular formula is C18H22N6O5. The largest absolute Gasteiger partial charge is 0.497 e. The minimum Gasteiger partial charge on any atom is -0.497 e. The fraction of sp³-hybridized carbons (Fsp3) is 0.333. The zero-order valence-corrected chi connectivity index (χ0v) is 16.5. The van der Waals surface area contributed by atoms with Gasteiger partial charge in [0.2, 0.25) is 5.95 Å². The van der Waals surface area contributed by atoms with E-state index >= 15 is 0 Å². The Morgan fingerprint density at radius 3 is 2.62 bits per heavy atom. The number of hydrogen-bond donors (Lipinski definition) is 2. The van der Waals surface area contributed by atoms with E-state index in [-0.39, 0.29) is 30.3 Å². The number of methoxy groups -OCH3 is 2. The molecule has 0 saturated heterocycles. The van der Waals surface area contributed by atoms with Gasteiger partial charge in [0.05, 0.1) is 27.0 Å². The van der Waals surface area contributed by atoms with E-state index < -0.39 is 11.2 Å². The number of nitrogens with zero attached hydrogens (tertiary/aromatic N) is 5. The van der Waals surface area contributed by atoms with Crippen molar-refractivity contribution in [2.24, 2.45) is 19.2 Å². The number of benzene rings is 1. The third kappa shape index (κ3) is 3.59. The van der Waals surface area contributed by atoms with Crippen molar-refractivity contribution in [3.63, 3.8) is 0 Å². The number of anilines is 1. The minimum absolute atomic E-state index is 0.105. The number of nitrogens with one attached hydrogen (secondary N) is 1. The smallest absolute Gasteiger partial charge is 0.332 e. The Bertz CT molecular complexity index is 1190. The molecule has 0 atom stereocenters. The van der Waals surface area contributed by atoms with E-state index in [2.05, 4.69) is 15.5 Å². The summed E-state index contributed by atoms with van der Waals surface area (Å²) in [5.74, 6) is 1.43. The molecule has 11 nitrogen and oxygen atoms in total. The van der Waals surface area contributed by atoms with Crippen molar-refractivity contribution in [3.05, 3.63) is 44.6 Å². The van der Waals surface area contributed by atoms with E-state index in [4.69, 9.17) is 9.47 Å². The van der Waals surface area contributed by atoms with E-state index in [1.165, 1.54) is 36.6 Å². The quantitative estimate of drug-likeness (QED) is 0.417. The van der Waals surface area contributed by atoms with Crippen molar-refractivity contribution in [1.82, 2.24) is 18.7 Å². The number of aryl methyl sites for hydroxylation is 1. The normalized spacial score (nSPS) is 11.3. The van der Waals surface area contributed by atoms with Crippen LogP contribution in [0.25, 0.3) is 11.2 Å². The Balaban J connectivity index is 2.03. The molecule has 2 N–H and O–H groups in total. The highest BCUT2D eigenvalue weighted by atomic mass is 16.5. The lowest BCUT2D eigenvalue weighted by Gasteiger charge is -2.08. The Morgan fingerprint density at radius 2 is 1.97 bits per heavy atom. The van der Waals surface area contributed by atoms with Gasteiger partial charge in [-0.2, -0.15) is 10.1 Å². The zero-order valence-electron chi connectivity index (χ0n) is 16.5. The number of rotatable bonds is 7. The van der Waals surface area contributed by atoms with Crippen molar-refractivity contribution in [3.8, 4) is 11.5 Å². The maximum Gasteiger partial charge on any atom is 0.332 e. The molecule has 0 fully saturated rings. The molecule has 1 aromatic carbocycles. The Kier molecular flexibility index (Phi) is 5.69. The van der Waals surface area contributed by atoms with Crippen molar-refractivity contribution in [1.29, 1.82) is 0 Å². The first-order valence-electron chi connectivity index (χ1n) is 8.71. The Hall–Kier alpha value is -3.60. The first kappa shape index (κ1) is 20.1. The number of hydrazone groups is 1. The SMILES string of the molecule is COc1ccc(/C=N\Nc2nc3c(c(=O)n(C)c(=O)n3C)n2CCO)c(OC)c1. The van der Waals surface area contributed by atoms with Gasteiger partial charge in [0.25, 0.3) is 5.56 Å². The summed E-state index contributed by atoms with van der Waals surface area (Å²) in [5.41, 5.74) is 2.86. The molecule has 3 rings (SSSR count). The average Bonchev–Trinajstić information content (AvgIpc) is 3.09. The molecule has 0 bridgehead atoms. The third-order valence-corrected chi connectivity index (χ3v) is 4.48. The van der Waals surface area contributed by atoms with E-state index in [1.807, 2.05) is 0 Å². The van der Waals surface area contributed by atoms with Crippen LogP contribution in [-0.4, -0.2) is 50.8 Å². The highest BCUT2D eigenvalue weighted by Crippen LogP contribution is 2.23. The molecule has 0 aliphatic carbocycles. The topological polar surface area (TPSA) is 125 Å². The maximum atomic E-state index is 12.6. The van der Waals surface area contributed by atoms with Crippen LogP contribution in [-0.2, 0) is 20.6 Å². The Morgan fingerprint density at radius 1 is 1.21 bits per heavy atom. The summed E-state index contributed by atoms with van der Waals surface area (Å²) in [6, 6.07) is 5.27. The molecule has 2 aromatic heterocycles. The molecule has 0 radical (unpaired) electrons. The number of fused-ring (bicyclic) bond motifs is 1. The zero-order chi connectivity index (χ0) is 21.1. The third-order valence-electron chi connectivity index (χ3n) is 4.48. The van der Waals surface area contributed by atoms with Gasteiger partial charge in [0, 0.05) is 32.3 Å². The van der Waals surface area contributed by atoms with Crippen LogP contribution in [0.1, 0.15) is 5.56 Å². The van der Waals surface area contributed by atoms with Crippen molar-refractivity contribution < 1.29 is 14.6 Å². The lowest BCUT2D eigenvalue weighted by atomic mass is 10.2. The molecule has 0 spiro atoms. The molecule has 0 unspecified atom stereocenters. The van der Waals surface area contributed by atoms with E-state index in [9.17, 15) is 14.7 Å². The maximum absolute atomic E-state index is 12.6. The summed E-state index contributed by atoms with van der Waals surface area (Å²) in [7, 11) is 6.01. The highest BCUT2D eigenvalue weighted by Gasteiger charge is 2.18. The molecule has 154 valence electrons. The second-order valence-corrected chi connectivity index (χ2v) is 6.17. The van der Waals surface area contributed by atoms with E-state index in [0.717, 1.165) is 4.57 Å². The highest BCUT2D eigenvalue weighted by molar-refractivity contribution is 5.84.